The molecule has 0 bridgehead atoms. The molecule has 0 heterocycles. The third-order valence-corrected chi connectivity index (χ3v) is 5.14. The molecule has 0 radical (unpaired) electrons. The molecule has 0 aliphatic rings. The number of hydrogen-bond acceptors (Lipinski definition) is 6. The van der Waals surface area contributed by atoms with Gasteiger partial charge in [0.2, 0.25) is 5.91 Å². The lowest BCUT2D eigenvalue weighted by molar-refractivity contribution is -0.122. The molecule has 8 nitrogen and oxygen atoms in total. The molecule has 0 aromatic carbocycles. The molecule has 0 saturated carbocycles. The lowest BCUT2D eigenvalue weighted by Gasteiger charge is -2.11. The number of carbonyl (C=O) groups excluding carboxylic acids is 1. The van der Waals surface area contributed by atoms with Gasteiger partial charge in [0.05, 0.1) is 6.04 Å². The fourth-order valence-corrected chi connectivity index (χ4v) is 3.30. The number of unbranched alkanes of at least 4 members (excludes halogenated alkanes) is 14. The minimum Gasteiger partial charge on any atom is -0.355 e. The molecule has 0 aliphatic heterocycles. The van der Waals surface area contributed by atoms with E-state index in [-0.39, 0.29) is 18.1 Å². The summed E-state index contributed by atoms with van der Waals surface area (Å²) in [7, 11) is -3.97. The summed E-state index contributed by atoms with van der Waals surface area (Å²) in [6.07, 6.45) is 21.6. The maximum absolute atomic E-state index is 11.8. The number of thiol groups is 1. The molecular weight excluding hydrogens is 448 g/mol. The Morgan fingerprint density at radius 3 is 1.59 bits per heavy atom. The van der Waals surface area contributed by atoms with Crippen molar-refractivity contribution < 1.29 is 17.8 Å². The van der Waals surface area contributed by atoms with Crippen LogP contribution in [0.1, 0.15) is 116 Å². The van der Waals surface area contributed by atoms with Crippen LogP contribution in [0.2, 0.25) is 0 Å². The fraction of sp³-hybridized carbons (Fsp3) is 0.955. The number of nitrogens with one attached hydrogen (secondary N) is 1. The topological polar surface area (TPSA) is 171 Å². The Morgan fingerprint density at radius 2 is 1.22 bits per heavy atom. The van der Waals surface area contributed by atoms with E-state index in [1.807, 2.05) is 0 Å². The highest BCUT2D eigenvalue weighted by Crippen LogP contribution is 2.12. The van der Waals surface area contributed by atoms with Crippen molar-refractivity contribution in [3.8, 4) is 0 Å². The molecular formula is C22H52N4O4S2. The Morgan fingerprint density at radius 1 is 0.844 bits per heavy atom. The molecule has 1 amide bonds. The van der Waals surface area contributed by atoms with Crippen LogP contribution in [0.5, 0.6) is 0 Å². The highest BCUT2D eigenvalue weighted by molar-refractivity contribution is 8.61. The van der Waals surface area contributed by atoms with Crippen molar-refractivity contribution in [2.24, 2.45) is 11.5 Å². The van der Waals surface area contributed by atoms with Crippen molar-refractivity contribution in [3.63, 3.8) is 0 Å². The lowest BCUT2D eigenvalue weighted by atomic mass is 10.0. The summed E-state index contributed by atoms with van der Waals surface area (Å²) in [6.45, 7) is 3.71. The van der Waals surface area contributed by atoms with E-state index in [0.29, 0.717) is 6.54 Å². The summed E-state index contributed by atoms with van der Waals surface area (Å²) in [5.41, 5.74) is 11.3. The monoisotopic (exact) mass is 500 g/mol. The minimum absolute atomic E-state index is 0. The summed E-state index contributed by atoms with van der Waals surface area (Å²) in [5.74, 6) is -0.00304. The predicted octanol–water partition coefficient (Wildman–Crippen LogP) is 4.92. The standard InChI is InChI=1S/C22H47N3O.H3N.H2O3S2/c1-2-3-4-5-6-7-8-9-10-11-12-13-14-17-20-25-22(26)21(24)18-15-16-19-23;;1-5(2,3)4/h21H,2-20,23-24H2,1H3,(H,25,26);1H3;(H2,1,2,3,4)/t21-;;/m0../s1. The molecule has 0 aromatic rings. The second-order valence-corrected chi connectivity index (χ2v) is 10.5. The summed E-state index contributed by atoms with van der Waals surface area (Å²) in [6, 6.07) is -0.367. The zero-order chi connectivity index (χ0) is 23.8. The molecule has 0 spiro atoms. The van der Waals surface area contributed by atoms with Crippen LogP contribution in [0, 0.1) is 0 Å². The zero-order valence-corrected chi connectivity index (χ0v) is 22.1. The highest BCUT2D eigenvalue weighted by Gasteiger charge is 2.11. The first kappa shape index (κ1) is 36.2. The molecule has 0 rings (SSSR count). The van der Waals surface area contributed by atoms with E-state index in [2.05, 4.69) is 23.9 Å². The number of amides is 1. The first-order valence-electron chi connectivity index (χ1n) is 12.2. The third kappa shape index (κ3) is 37.0. The zero-order valence-electron chi connectivity index (χ0n) is 20.4. The second-order valence-electron chi connectivity index (χ2n) is 8.23. The summed E-state index contributed by atoms with van der Waals surface area (Å²) < 4.78 is 25.5. The normalized spacial score (nSPS) is 11.8. The molecule has 9 N–H and O–H groups in total. The van der Waals surface area contributed by atoms with Crippen LogP contribution in [-0.2, 0) is 13.9 Å². The van der Waals surface area contributed by atoms with Crippen molar-refractivity contribution in [2.45, 2.75) is 122 Å². The maximum atomic E-state index is 11.8. The second kappa shape index (κ2) is 26.9. The van der Waals surface area contributed by atoms with Crippen molar-refractivity contribution in [2.75, 3.05) is 13.1 Å². The van der Waals surface area contributed by atoms with Crippen LogP contribution < -0.4 is 22.9 Å². The lowest BCUT2D eigenvalue weighted by Crippen LogP contribution is -2.40. The van der Waals surface area contributed by atoms with Gasteiger partial charge in [0.25, 0.3) is 0 Å². The van der Waals surface area contributed by atoms with Gasteiger partial charge in [0.15, 0.2) is 0 Å². The van der Waals surface area contributed by atoms with Gasteiger partial charge in [-0.2, -0.15) is 8.42 Å². The van der Waals surface area contributed by atoms with E-state index < -0.39 is 9.15 Å². The summed E-state index contributed by atoms with van der Waals surface area (Å²) in [4.78, 5) is 11.8. The van der Waals surface area contributed by atoms with Gasteiger partial charge in [-0.3, -0.25) is 9.35 Å². The van der Waals surface area contributed by atoms with E-state index >= 15 is 0 Å². The average Bonchev–Trinajstić information content (AvgIpc) is 2.69. The van der Waals surface area contributed by atoms with Crippen molar-refractivity contribution in [1.82, 2.24) is 11.5 Å². The highest BCUT2D eigenvalue weighted by atomic mass is 33.1. The first-order valence-corrected chi connectivity index (χ1v) is 14.6. The molecule has 0 saturated heterocycles. The van der Waals surface area contributed by atoms with Crippen LogP contribution in [0.25, 0.3) is 0 Å². The van der Waals surface area contributed by atoms with Gasteiger partial charge in [-0.1, -0.05) is 96.8 Å². The van der Waals surface area contributed by atoms with Crippen LogP contribution in [0.4, 0.5) is 0 Å². The van der Waals surface area contributed by atoms with Crippen LogP contribution in [0.3, 0.4) is 0 Å². The molecule has 1 atom stereocenters. The Labute approximate surface area is 202 Å². The van der Waals surface area contributed by atoms with Crippen LogP contribution in [-0.4, -0.2) is 38.0 Å². The molecule has 0 unspecified atom stereocenters. The van der Waals surface area contributed by atoms with Gasteiger partial charge in [-0.15, -0.1) is 0 Å². The Hall–Kier alpha value is -0.390. The van der Waals surface area contributed by atoms with E-state index in [0.717, 1.165) is 32.2 Å². The molecule has 0 aromatic heterocycles. The van der Waals surface area contributed by atoms with E-state index in [4.69, 9.17) is 24.4 Å². The van der Waals surface area contributed by atoms with Gasteiger partial charge in [-0.25, -0.2) is 0 Å². The number of rotatable bonds is 20. The quantitative estimate of drug-likeness (QED) is 0.0595. The van der Waals surface area contributed by atoms with E-state index in [1.54, 1.807) is 0 Å². The number of hydrogen-bond donors (Lipinski definition) is 6. The molecule has 0 aliphatic carbocycles. The van der Waals surface area contributed by atoms with Crippen molar-refractivity contribution in [3.05, 3.63) is 0 Å². The van der Waals surface area contributed by atoms with Gasteiger partial charge >= 0.3 is 9.15 Å². The molecule has 196 valence electrons. The summed E-state index contributed by atoms with van der Waals surface area (Å²) >= 11 is 2.65. The van der Waals surface area contributed by atoms with Gasteiger partial charge in [0, 0.05) is 6.54 Å². The third-order valence-electron chi connectivity index (χ3n) is 5.14. The van der Waals surface area contributed by atoms with Crippen molar-refractivity contribution in [1.29, 1.82) is 0 Å². The van der Waals surface area contributed by atoms with Gasteiger partial charge in [-0.05, 0) is 37.5 Å². The average molecular weight is 501 g/mol. The largest absolute Gasteiger partial charge is 0.355 e. The van der Waals surface area contributed by atoms with Crippen molar-refractivity contribution >= 4 is 26.7 Å². The predicted molar refractivity (Wildman–Crippen MR) is 140 cm³/mol. The first-order chi connectivity index (χ1) is 14.7. The van der Waals surface area contributed by atoms with Crippen LogP contribution >= 0.6 is 11.7 Å². The van der Waals surface area contributed by atoms with E-state index in [1.165, 1.54) is 83.5 Å². The number of nitrogens with two attached hydrogens (primary N) is 2. The summed E-state index contributed by atoms with van der Waals surface area (Å²) in [5, 5.41) is 2.96. The molecule has 0 fully saturated rings. The van der Waals surface area contributed by atoms with Gasteiger partial charge in [0.1, 0.15) is 0 Å². The Kier molecular flexibility index (Phi) is 30.4. The molecule has 32 heavy (non-hydrogen) atoms. The smallest absolute Gasteiger partial charge is 0.316 e. The molecule has 10 heteroatoms. The Balaban J connectivity index is -0.00000125. The van der Waals surface area contributed by atoms with Gasteiger partial charge < -0.3 is 22.9 Å². The number of carbonyl (C=O) groups is 1. The van der Waals surface area contributed by atoms with Crippen LogP contribution in [0.15, 0.2) is 0 Å². The van der Waals surface area contributed by atoms with E-state index in [9.17, 15) is 4.79 Å². The Bertz CT molecular complexity index is 486. The maximum Gasteiger partial charge on any atom is 0.316 e. The fourth-order valence-electron chi connectivity index (χ4n) is 3.30. The SMILES string of the molecule is CCCCCCCCCCCCCCCCNC(=O)[C@@H](N)CCCCN.N.O=S(=O)(O)S. The minimum atomic E-state index is -3.97.